The quantitative estimate of drug-likeness (QED) is 0.679. The Kier molecular flexibility index (Phi) is 9.46. The van der Waals surface area contributed by atoms with Crippen molar-refractivity contribution in [3.05, 3.63) is 58.7 Å². The Bertz CT molecular complexity index is 839. The summed E-state index contributed by atoms with van der Waals surface area (Å²) >= 11 is 0. The highest BCUT2D eigenvalue weighted by Crippen LogP contribution is 2.40. The van der Waals surface area contributed by atoms with Crippen molar-refractivity contribution in [2.75, 3.05) is 26.7 Å². The number of rotatable bonds is 5. The standard InChI is InChI=1S/C24H32N2O3.2ClH/c1-16-3-8-20-21(24(16)27)13-22(29-23(20)14-25)18-9-11-26(12-10-18)15-17-4-6-19(28-2)7-5-17;;/h3-8,18,22-23,27H,9-15,25H2,1-2H3;2*1H. The number of fused-ring (bicyclic) bond motifs is 1. The monoisotopic (exact) mass is 468 g/mol. The van der Waals surface area contributed by atoms with Crippen molar-refractivity contribution in [2.45, 2.75) is 44.9 Å². The molecule has 1 saturated heterocycles. The fraction of sp³-hybridized carbons (Fsp3) is 0.500. The van der Waals surface area contributed by atoms with Crippen molar-refractivity contribution >= 4 is 24.8 Å². The summed E-state index contributed by atoms with van der Waals surface area (Å²) in [6, 6.07) is 12.4. The molecule has 0 bridgehead atoms. The molecule has 0 saturated carbocycles. The summed E-state index contributed by atoms with van der Waals surface area (Å²) < 4.78 is 11.7. The average Bonchev–Trinajstić information content (AvgIpc) is 2.77. The van der Waals surface area contributed by atoms with Crippen LogP contribution in [-0.2, 0) is 17.7 Å². The fourth-order valence-electron chi connectivity index (χ4n) is 4.75. The third-order valence-electron chi connectivity index (χ3n) is 6.55. The van der Waals surface area contributed by atoms with Crippen molar-refractivity contribution in [1.82, 2.24) is 4.90 Å². The van der Waals surface area contributed by atoms with Crippen LogP contribution in [0.5, 0.6) is 11.5 Å². The molecule has 2 aromatic carbocycles. The minimum Gasteiger partial charge on any atom is -0.507 e. The number of benzene rings is 2. The van der Waals surface area contributed by atoms with Crippen LogP contribution in [0.4, 0.5) is 0 Å². The van der Waals surface area contributed by atoms with Gasteiger partial charge in [-0.1, -0.05) is 24.3 Å². The van der Waals surface area contributed by atoms with Crippen LogP contribution in [0.25, 0.3) is 0 Å². The van der Waals surface area contributed by atoms with E-state index in [9.17, 15) is 5.11 Å². The van der Waals surface area contributed by atoms with Crippen LogP contribution in [0.1, 0.15) is 41.2 Å². The first-order valence-corrected chi connectivity index (χ1v) is 10.6. The van der Waals surface area contributed by atoms with Gasteiger partial charge < -0.3 is 20.3 Å². The minimum absolute atomic E-state index is 0. The number of ether oxygens (including phenoxy) is 2. The van der Waals surface area contributed by atoms with Crippen molar-refractivity contribution < 1.29 is 14.6 Å². The SMILES string of the molecule is COc1ccc(CN2CCC(C3Cc4c(ccc(C)c4O)C(CN)O3)CC2)cc1.Cl.Cl. The maximum atomic E-state index is 10.6. The van der Waals surface area contributed by atoms with Gasteiger partial charge in [0.05, 0.1) is 19.3 Å². The topological polar surface area (TPSA) is 68.0 Å². The summed E-state index contributed by atoms with van der Waals surface area (Å²) in [4.78, 5) is 2.51. The van der Waals surface area contributed by atoms with E-state index in [0.717, 1.165) is 61.3 Å². The Labute approximate surface area is 197 Å². The highest BCUT2D eigenvalue weighted by molar-refractivity contribution is 5.85. The molecule has 2 aliphatic heterocycles. The number of phenolic OH excluding ortho intramolecular Hbond substituents is 1. The summed E-state index contributed by atoms with van der Waals surface area (Å²) in [5.41, 5.74) is 10.3. The second-order valence-corrected chi connectivity index (χ2v) is 8.36. The fourth-order valence-corrected chi connectivity index (χ4v) is 4.75. The first-order chi connectivity index (χ1) is 14.1. The van der Waals surface area contributed by atoms with Gasteiger partial charge in [0, 0.05) is 25.1 Å². The van der Waals surface area contributed by atoms with Crippen molar-refractivity contribution in [2.24, 2.45) is 11.7 Å². The molecule has 3 N–H and O–H groups in total. The van der Waals surface area contributed by atoms with Gasteiger partial charge in [-0.3, -0.25) is 4.90 Å². The summed E-state index contributed by atoms with van der Waals surface area (Å²) in [5, 5.41) is 10.6. The number of likely N-dealkylation sites (tertiary alicyclic amines) is 1. The molecule has 1 fully saturated rings. The molecule has 0 spiro atoms. The van der Waals surface area contributed by atoms with Crippen LogP contribution in [0, 0.1) is 12.8 Å². The summed E-state index contributed by atoms with van der Waals surface area (Å²) in [6.07, 6.45) is 3.02. The van der Waals surface area contributed by atoms with Crippen LogP contribution >= 0.6 is 24.8 Å². The highest BCUT2D eigenvalue weighted by atomic mass is 35.5. The molecule has 2 heterocycles. The molecule has 0 aromatic heterocycles. The summed E-state index contributed by atoms with van der Waals surface area (Å²) in [7, 11) is 1.70. The normalized spacial score (nSPS) is 21.5. The Morgan fingerprint density at radius 2 is 1.77 bits per heavy atom. The van der Waals surface area contributed by atoms with E-state index in [4.69, 9.17) is 15.2 Å². The van der Waals surface area contributed by atoms with E-state index in [1.165, 1.54) is 5.56 Å². The van der Waals surface area contributed by atoms with Gasteiger partial charge in [-0.2, -0.15) is 0 Å². The molecular weight excluding hydrogens is 435 g/mol. The van der Waals surface area contributed by atoms with Crippen molar-refractivity contribution in [3.8, 4) is 11.5 Å². The molecular formula is C24H34Cl2N2O3. The second-order valence-electron chi connectivity index (χ2n) is 8.36. The van der Waals surface area contributed by atoms with E-state index < -0.39 is 0 Å². The maximum absolute atomic E-state index is 10.6. The Hall–Kier alpha value is -1.50. The molecule has 2 unspecified atom stereocenters. The lowest BCUT2D eigenvalue weighted by molar-refractivity contribution is -0.0651. The molecule has 0 aliphatic carbocycles. The largest absolute Gasteiger partial charge is 0.507 e. The molecule has 4 rings (SSSR count). The molecule has 31 heavy (non-hydrogen) atoms. The zero-order chi connectivity index (χ0) is 20.4. The Morgan fingerprint density at radius 3 is 2.39 bits per heavy atom. The number of piperidine rings is 1. The summed E-state index contributed by atoms with van der Waals surface area (Å²) in [5.74, 6) is 1.82. The molecule has 0 amide bonds. The molecule has 2 aromatic rings. The summed E-state index contributed by atoms with van der Waals surface area (Å²) in [6.45, 7) is 5.50. The number of aryl methyl sites for hydroxylation is 1. The molecule has 5 nitrogen and oxygen atoms in total. The van der Waals surface area contributed by atoms with Crippen molar-refractivity contribution in [1.29, 1.82) is 0 Å². The number of hydrogen-bond acceptors (Lipinski definition) is 5. The van der Waals surface area contributed by atoms with E-state index in [-0.39, 0.29) is 37.0 Å². The van der Waals surface area contributed by atoms with Crippen LogP contribution < -0.4 is 10.5 Å². The number of nitrogens with two attached hydrogens (primary N) is 1. The first-order valence-electron chi connectivity index (χ1n) is 10.6. The van der Waals surface area contributed by atoms with E-state index >= 15 is 0 Å². The number of methoxy groups -OCH3 is 1. The van der Waals surface area contributed by atoms with E-state index in [2.05, 4.69) is 23.1 Å². The number of halogens is 2. The number of nitrogens with zero attached hydrogens (tertiary/aromatic N) is 1. The Balaban J connectivity index is 0.00000171. The van der Waals surface area contributed by atoms with E-state index in [0.29, 0.717) is 18.2 Å². The maximum Gasteiger partial charge on any atom is 0.122 e. The van der Waals surface area contributed by atoms with E-state index in [1.54, 1.807) is 7.11 Å². The van der Waals surface area contributed by atoms with Crippen LogP contribution in [0.2, 0.25) is 0 Å². The Morgan fingerprint density at radius 1 is 1.10 bits per heavy atom. The third kappa shape index (κ3) is 5.65. The van der Waals surface area contributed by atoms with Gasteiger partial charge in [0.1, 0.15) is 11.5 Å². The van der Waals surface area contributed by atoms with Gasteiger partial charge in [0.15, 0.2) is 0 Å². The lowest BCUT2D eigenvalue weighted by Gasteiger charge is -2.40. The average molecular weight is 469 g/mol. The molecule has 172 valence electrons. The molecule has 2 aliphatic rings. The van der Waals surface area contributed by atoms with Crippen LogP contribution in [-0.4, -0.2) is 42.9 Å². The predicted molar refractivity (Wildman–Crippen MR) is 129 cm³/mol. The van der Waals surface area contributed by atoms with E-state index in [1.807, 2.05) is 25.1 Å². The van der Waals surface area contributed by atoms with Gasteiger partial charge in [-0.25, -0.2) is 0 Å². The van der Waals surface area contributed by atoms with Gasteiger partial charge in [-0.05, 0) is 67.6 Å². The van der Waals surface area contributed by atoms with Gasteiger partial charge >= 0.3 is 0 Å². The van der Waals surface area contributed by atoms with Crippen LogP contribution in [0.3, 0.4) is 0 Å². The molecule has 7 heteroatoms. The van der Waals surface area contributed by atoms with Gasteiger partial charge in [0.2, 0.25) is 0 Å². The van der Waals surface area contributed by atoms with Gasteiger partial charge in [0.25, 0.3) is 0 Å². The third-order valence-corrected chi connectivity index (χ3v) is 6.55. The highest BCUT2D eigenvalue weighted by Gasteiger charge is 2.35. The van der Waals surface area contributed by atoms with Crippen LogP contribution in [0.15, 0.2) is 36.4 Å². The lowest BCUT2D eigenvalue weighted by atomic mass is 9.83. The zero-order valence-electron chi connectivity index (χ0n) is 18.3. The molecule has 2 atom stereocenters. The number of aromatic hydroxyl groups is 1. The number of hydrogen-bond donors (Lipinski definition) is 2. The number of phenols is 1. The first kappa shape index (κ1) is 25.8. The minimum atomic E-state index is -0.118. The van der Waals surface area contributed by atoms with Crippen molar-refractivity contribution in [3.63, 3.8) is 0 Å². The second kappa shape index (κ2) is 11.4. The lowest BCUT2D eigenvalue weighted by Crippen LogP contribution is -2.41. The smallest absolute Gasteiger partial charge is 0.122 e. The predicted octanol–water partition coefficient (Wildman–Crippen LogP) is 4.41. The molecule has 0 radical (unpaired) electrons. The zero-order valence-corrected chi connectivity index (χ0v) is 19.9. The van der Waals surface area contributed by atoms with Gasteiger partial charge in [-0.15, -0.1) is 24.8 Å².